The summed E-state index contributed by atoms with van der Waals surface area (Å²) in [6.45, 7) is 0. The number of benzene rings is 1. The largest absolute Gasteiger partial charge is 0.359 e. The van der Waals surface area contributed by atoms with Crippen LogP contribution >= 0.6 is 0 Å². The first-order chi connectivity index (χ1) is 6.38. The normalized spacial score (nSPS) is 11.5. The lowest BCUT2D eigenvalue weighted by Gasteiger charge is -1.94. The predicted octanol–water partition coefficient (Wildman–Crippen LogP) is 2.66. The van der Waals surface area contributed by atoms with Crippen LogP contribution in [0.2, 0.25) is 0 Å². The van der Waals surface area contributed by atoms with E-state index in [1.54, 1.807) is 0 Å². The highest BCUT2D eigenvalue weighted by atomic mass is 15.0. The van der Waals surface area contributed by atoms with Gasteiger partial charge < -0.3 is 9.55 Å². The first kappa shape index (κ1) is 6.78. The molecule has 0 aliphatic carbocycles. The van der Waals surface area contributed by atoms with Gasteiger partial charge in [-0.05, 0) is 12.1 Å². The standard InChI is InChI=1S/C11H10N2/c1-13-9-5-3-2-4-8(9)11-10(13)6-7-12-11/h2-7,12H,1H3. The topological polar surface area (TPSA) is 20.7 Å². The average molecular weight is 170 g/mol. The molecular weight excluding hydrogens is 160 g/mol. The Kier molecular flexibility index (Phi) is 1.13. The van der Waals surface area contributed by atoms with E-state index in [1.165, 1.54) is 21.9 Å². The van der Waals surface area contributed by atoms with Gasteiger partial charge in [-0.15, -0.1) is 0 Å². The van der Waals surface area contributed by atoms with E-state index in [0.29, 0.717) is 0 Å². The van der Waals surface area contributed by atoms with Crippen LogP contribution in [0.5, 0.6) is 0 Å². The number of aromatic amines is 1. The molecular formula is C11H10N2. The van der Waals surface area contributed by atoms with Crippen molar-refractivity contribution in [1.82, 2.24) is 9.55 Å². The lowest BCUT2D eigenvalue weighted by molar-refractivity contribution is 1.02. The molecule has 64 valence electrons. The van der Waals surface area contributed by atoms with E-state index in [4.69, 9.17) is 0 Å². The molecule has 1 aromatic carbocycles. The molecule has 2 heterocycles. The second kappa shape index (κ2) is 2.16. The fourth-order valence-electron chi connectivity index (χ4n) is 1.96. The van der Waals surface area contributed by atoms with Crippen molar-refractivity contribution in [3.63, 3.8) is 0 Å². The molecule has 1 N–H and O–H groups in total. The lowest BCUT2D eigenvalue weighted by atomic mass is 10.2. The molecule has 2 heteroatoms. The summed E-state index contributed by atoms with van der Waals surface area (Å²) in [5.41, 5.74) is 3.78. The van der Waals surface area contributed by atoms with Crippen LogP contribution in [0.1, 0.15) is 0 Å². The molecule has 3 rings (SSSR count). The third-order valence-electron chi connectivity index (χ3n) is 2.62. The van der Waals surface area contributed by atoms with Gasteiger partial charge in [-0.25, -0.2) is 0 Å². The Morgan fingerprint density at radius 3 is 2.85 bits per heavy atom. The number of nitrogens with one attached hydrogen (secondary N) is 1. The predicted molar refractivity (Wildman–Crippen MR) is 54.8 cm³/mol. The van der Waals surface area contributed by atoms with Crippen molar-refractivity contribution in [2.24, 2.45) is 7.05 Å². The van der Waals surface area contributed by atoms with Crippen LogP contribution in [0, 0.1) is 0 Å². The van der Waals surface area contributed by atoms with Gasteiger partial charge in [0.25, 0.3) is 0 Å². The van der Waals surface area contributed by atoms with Crippen molar-refractivity contribution in [2.75, 3.05) is 0 Å². The zero-order valence-electron chi connectivity index (χ0n) is 7.41. The zero-order valence-corrected chi connectivity index (χ0v) is 7.41. The van der Waals surface area contributed by atoms with E-state index >= 15 is 0 Å². The second-order valence-corrected chi connectivity index (χ2v) is 3.31. The van der Waals surface area contributed by atoms with Gasteiger partial charge in [0, 0.05) is 18.6 Å². The van der Waals surface area contributed by atoms with Gasteiger partial charge in [0.1, 0.15) is 0 Å². The number of nitrogens with zero attached hydrogens (tertiary/aromatic N) is 1. The highest BCUT2D eigenvalue weighted by molar-refractivity contribution is 6.05. The molecule has 0 radical (unpaired) electrons. The van der Waals surface area contributed by atoms with Crippen LogP contribution in [-0.2, 0) is 7.05 Å². The molecule has 0 saturated carbocycles. The Bertz CT molecular complexity index is 572. The molecule has 13 heavy (non-hydrogen) atoms. The van der Waals surface area contributed by atoms with Crippen LogP contribution in [-0.4, -0.2) is 9.55 Å². The van der Waals surface area contributed by atoms with E-state index in [-0.39, 0.29) is 0 Å². The van der Waals surface area contributed by atoms with Crippen LogP contribution in [0.3, 0.4) is 0 Å². The zero-order chi connectivity index (χ0) is 8.84. The van der Waals surface area contributed by atoms with Gasteiger partial charge in [-0.1, -0.05) is 18.2 Å². The lowest BCUT2D eigenvalue weighted by Crippen LogP contribution is -1.83. The molecule has 0 bridgehead atoms. The Balaban J connectivity index is 2.72. The molecule has 0 amide bonds. The van der Waals surface area contributed by atoms with Gasteiger partial charge in [0.05, 0.1) is 16.6 Å². The number of hydrogen-bond donors (Lipinski definition) is 1. The van der Waals surface area contributed by atoms with Crippen molar-refractivity contribution in [1.29, 1.82) is 0 Å². The number of para-hydroxylation sites is 1. The van der Waals surface area contributed by atoms with E-state index < -0.39 is 0 Å². The van der Waals surface area contributed by atoms with Crippen LogP contribution in [0.15, 0.2) is 36.5 Å². The fraction of sp³-hybridized carbons (Fsp3) is 0.0909. The van der Waals surface area contributed by atoms with Crippen molar-refractivity contribution in [2.45, 2.75) is 0 Å². The van der Waals surface area contributed by atoms with E-state index in [9.17, 15) is 0 Å². The molecule has 0 aliphatic rings. The SMILES string of the molecule is Cn1c2ccccc2c2[nH]ccc21. The number of rotatable bonds is 0. The molecule has 0 saturated heterocycles. The highest BCUT2D eigenvalue weighted by Crippen LogP contribution is 2.25. The molecule has 3 aromatic rings. The molecule has 0 fully saturated rings. The summed E-state index contributed by atoms with van der Waals surface area (Å²) in [5.74, 6) is 0. The Hall–Kier alpha value is -1.70. The van der Waals surface area contributed by atoms with E-state index in [2.05, 4.69) is 46.9 Å². The van der Waals surface area contributed by atoms with Crippen molar-refractivity contribution in [3.8, 4) is 0 Å². The number of aryl methyl sites for hydroxylation is 1. The first-order valence-corrected chi connectivity index (χ1v) is 4.38. The van der Waals surface area contributed by atoms with E-state index in [0.717, 1.165) is 0 Å². The van der Waals surface area contributed by atoms with Gasteiger partial charge >= 0.3 is 0 Å². The molecule has 0 unspecified atom stereocenters. The highest BCUT2D eigenvalue weighted by Gasteiger charge is 2.06. The monoisotopic (exact) mass is 170 g/mol. The summed E-state index contributed by atoms with van der Waals surface area (Å²) in [6, 6.07) is 10.5. The minimum absolute atomic E-state index is 1.23. The first-order valence-electron chi connectivity index (χ1n) is 4.38. The van der Waals surface area contributed by atoms with Crippen molar-refractivity contribution >= 4 is 21.9 Å². The summed E-state index contributed by atoms with van der Waals surface area (Å²) >= 11 is 0. The summed E-state index contributed by atoms with van der Waals surface area (Å²) in [4.78, 5) is 3.26. The third kappa shape index (κ3) is 0.724. The maximum Gasteiger partial charge on any atom is 0.0716 e. The molecule has 2 aromatic heterocycles. The number of H-pyrrole nitrogens is 1. The van der Waals surface area contributed by atoms with Gasteiger partial charge in [-0.3, -0.25) is 0 Å². The summed E-state index contributed by atoms with van der Waals surface area (Å²) in [5, 5.41) is 1.30. The molecule has 0 atom stereocenters. The number of hydrogen-bond acceptors (Lipinski definition) is 0. The van der Waals surface area contributed by atoms with Gasteiger partial charge in [-0.2, -0.15) is 0 Å². The molecule has 2 nitrogen and oxygen atoms in total. The van der Waals surface area contributed by atoms with E-state index in [1.807, 2.05) is 6.20 Å². The summed E-state index contributed by atoms with van der Waals surface area (Å²) in [6.07, 6.45) is 1.98. The Morgan fingerprint density at radius 2 is 1.92 bits per heavy atom. The molecule has 0 aliphatic heterocycles. The molecule has 0 spiro atoms. The third-order valence-corrected chi connectivity index (χ3v) is 2.62. The maximum atomic E-state index is 3.26. The minimum atomic E-state index is 1.23. The Labute approximate surface area is 75.8 Å². The van der Waals surface area contributed by atoms with Crippen molar-refractivity contribution in [3.05, 3.63) is 36.5 Å². The number of fused-ring (bicyclic) bond motifs is 3. The van der Waals surface area contributed by atoms with Crippen LogP contribution in [0.25, 0.3) is 21.9 Å². The van der Waals surface area contributed by atoms with Gasteiger partial charge in [0.15, 0.2) is 0 Å². The average Bonchev–Trinajstić information content (AvgIpc) is 2.72. The quantitative estimate of drug-likeness (QED) is 0.535. The Morgan fingerprint density at radius 1 is 1.08 bits per heavy atom. The van der Waals surface area contributed by atoms with Crippen LogP contribution < -0.4 is 0 Å². The smallest absolute Gasteiger partial charge is 0.0716 e. The minimum Gasteiger partial charge on any atom is -0.359 e. The second-order valence-electron chi connectivity index (χ2n) is 3.31. The summed E-state index contributed by atoms with van der Waals surface area (Å²) in [7, 11) is 2.10. The summed E-state index contributed by atoms with van der Waals surface area (Å²) < 4.78 is 2.21. The van der Waals surface area contributed by atoms with Crippen molar-refractivity contribution < 1.29 is 0 Å². The fourth-order valence-corrected chi connectivity index (χ4v) is 1.96. The van der Waals surface area contributed by atoms with Crippen LogP contribution in [0.4, 0.5) is 0 Å². The number of aromatic nitrogens is 2. The maximum absolute atomic E-state index is 3.26. The van der Waals surface area contributed by atoms with Gasteiger partial charge in [0.2, 0.25) is 0 Å².